The quantitative estimate of drug-likeness (QED) is 0.365. The molecule has 1 heterocycles. The summed E-state index contributed by atoms with van der Waals surface area (Å²) in [5, 5.41) is 3.35. The Kier molecular flexibility index (Phi) is 8.37. The zero-order chi connectivity index (χ0) is 19.2. The summed E-state index contributed by atoms with van der Waals surface area (Å²) >= 11 is 0. The molecule has 2 atom stereocenters. The van der Waals surface area contributed by atoms with E-state index < -0.39 is 0 Å². The third-order valence-corrected chi connectivity index (χ3v) is 4.82. The summed E-state index contributed by atoms with van der Waals surface area (Å²) in [5.74, 6) is 2.20. The van der Waals surface area contributed by atoms with Crippen molar-refractivity contribution in [3.8, 4) is 11.5 Å². The maximum Gasteiger partial charge on any atom is 0.189 e. The Morgan fingerprint density at radius 1 is 1.29 bits per heavy atom. The highest BCUT2D eigenvalue weighted by Gasteiger charge is 2.21. The van der Waals surface area contributed by atoms with Gasteiger partial charge in [0.25, 0.3) is 0 Å². The van der Waals surface area contributed by atoms with Crippen molar-refractivity contribution in [2.45, 2.75) is 18.5 Å². The lowest BCUT2D eigenvalue weighted by atomic mass is 10.0. The van der Waals surface area contributed by atoms with Crippen molar-refractivity contribution >= 4 is 29.9 Å². The highest BCUT2D eigenvalue weighted by molar-refractivity contribution is 14.0. The van der Waals surface area contributed by atoms with Crippen LogP contribution in [0.5, 0.6) is 11.5 Å². The summed E-state index contributed by atoms with van der Waals surface area (Å²) in [4.78, 5) is 6.74. The number of benzene rings is 2. The van der Waals surface area contributed by atoms with E-state index in [4.69, 9.17) is 15.2 Å². The predicted octanol–water partition coefficient (Wildman–Crippen LogP) is 3.34. The van der Waals surface area contributed by atoms with Gasteiger partial charge in [0.2, 0.25) is 0 Å². The molecule has 152 valence electrons. The van der Waals surface area contributed by atoms with Crippen molar-refractivity contribution in [2.75, 3.05) is 34.4 Å². The molecule has 6 nitrogen and oxygen atoms in total. The van der Waals surface area contributed by atoms with Crippen LogP contribution in [-0.4, -0.2) is 45.2 Å². The number of rotatable bonds is 6. The SMILES string of the molecule is COc1cccc(C(CN=C(N)NC2CCOc3ccccc32)N(C)C)c1.I. The van der Waals surface area contributed by atoms with E-state index in [0.29, 0.717) is 19.1 Å². The number of hydrogen-bond donors (Lipinski definition) is 2. The van der Waals surface area contributed by atoms with Crippen LogP contribution < -0.4 is 20.5 Å². The van der Waals surface area contributed by atoms with E-state index in [9.17, 15) is 0 Å². The van der Waals surface area contributed by atoms with E-state index in [-0.39, 0.29) is 36.1 Å². The monoisotopic (exact) mass is 496 g/mol. The maximum absolute atomic E-state index is 6.20. The van der Waals surface area contributed by atoms with Crippen LogP contribution in [0, 0.1) is 0 Å². The van der Waals surface area contributed by atoms with Crippen LogP contribution in [-0.2, 0) is 0 Å². The number of hydrogen-bond acceptors (Lipinski definition) is 4. The van der Waals surface area contributed by atoms with Crippen LogP contribution in [0.3, 0.4) is 0 Å². The van der Waals surface area contributed by atoms with Gasteiger partial charge >= 0.3 is 0 Å². The summed E-state index contributed by atoms with van der Waals surface area (Å²) < 4.78 is 11.0. The minimum absolute atomic E-state index is 0. The molecule has 0 amide bonds. The number of likely N-dealkylation sites (N-methyl/N-ethyl adjacent to an activating group) is 1. The van der Waals surface area contributed by atoms with E-state index in [1.807, 2.05) is 50.5 Å². The normalized spacial score (nSPS) is 17.1. The lowest BCUT2D eigenvalue weighted by Gasteiger charge is -2.27. The van der Waals surface area contributed by atoms with Gasteiger partial charge in [-0.2, -0.15) is 0 Å². The molecule has 2 aromatic carbocycles. The molecule has 1 aliphatic rings. The van der Waals surface area contributed by atoms with E-state index in [1.54, 1.807) is 7.11 Å². The number of fused-ring (bicyclic) bond motifs is 1. The third-order valence-electron chi connectivity index (χ3n) is 4.82. The van der Waals surface area contributed by atoms with E-state index >= 15 is 0 Å². The van der Waals surface area contributed by atoms with Gasteiger partial charge in [-0.05, 0) is 37.9 Å². The van der Waals surface area contributed by atoms with Gasteiger partial charge in [-0.1, -0.05) is 30.3 Å². The number of nitrogens with zero attached hydrogens (tertiary/aromatic N) is 2. The Labute approximate surface area is 184 Å². The Morgan fingerprint density at radius 3 is 2.82 bits per heavy atom. The van der Waals surface area contributed by atoms with Gasteiger partial charge in [-0.3, -0.25) is 4.99 Å². The molecule has 1 aliphatic heterocycles. The first-order valence-corrected chi connectivity index (χ1v) is 9.17. The molecule has 7 heteroatoms. The van der Waals surface area contributed by atoms with Crippen molar-refractivity contribution in [2.24, 2.45) is 10.7 Å². The zero-order valence-electron chi connectivity index (χ0n) is 16.6. The Morgan fingerprint density at radius 2 is 2.07 bits per heavy atom. The topological polar surface area (TPSA) is 72.1 Å². The van der Waals surface area contributed by atoms with Gasteiger partial charge in [0.1, 0.15) is 11.5 Å². The summed E-state index contributed by atoms with van der Waals surface area (Å²) in [6.07, 6.45) is 0.861. The summed E-state index contributed by atoms with van der Waals surface area (Å²) in [6, 6.07) is 16.3. The first-order valence-electron chi connectivity index (χ1n) is 9.17. The molecule has 28 heavy (non-hydrogen) atoms. The molecule has 0 aliphatic carbocycles. The fourth-order valence-electron chi connectivity index (χ4n) is 3.32. The fraction of sp³-hybridized carbons (Fsp3) is 0.381. The Hall–Kier alpha value is -2.00. The first-order chi connectivity index (χ1) is 13.1. The van der Waals surface area contributed by atoms with Gasteiger partial charge in [-0.15, -0.1) is 24.0 Å². The molecule has 3 rings (SSSR count). The molecule has 0 spiro atoms. The molecular weight excluding hydrogens is 467 g/mol. The Balaban J connectivity index is 0.00000280. The molecule has 0 saturated carbocycles. The van der Waals surface area contributed by atoms with Gasteiger partial charge in [0, 0.05) is 12.0 Å². The largest absolute Gasteiger partial charge is 0.497 e. The number of halogens is 1. The number of ether oxygens (including phenoxy) is 2. The standard InChI is InChI=1S/C21H28N4O2.HI/c1-25(2)19(15-7-6-8-16(13-15)26-3)14-23-21(22)24-18-11-12-27-20-10-5-4-9-17(18)20;/h4-10,13,18-19H,11-12,14H2,1-3H3,(H3,22,23,24);1H. The molecule has 2 aromatic rings. The van der Waals surface area contributed by atoms with Crippen molar-refractivity contribution < 1.29 is 9.47 Å². The van der Waals surface area contributed by atoms with Crippen LogP contribution in [0.2, 0.25) is 0 Å². The summed E-state index contributed by atoms with van der Waals surface area (Å²) in [7, 11) is 5.76. The number of nitrogens with two attached hydrogens (primary N) is 1. The lowest BCUT2D eigenvalue weighted by Crippen LogP contribution is -2.38. The number of guanidine groups is 1. The highest BCUT2D eigenvalue weighted by atomic mass is 127. The average molecular weight is 496 g/mol. The fourth-order valence-corrected chi connectivity index (χ4v) is 3.32. The first kappa shape index (κ1) is 22.3. The Bertz CT molecular complexity index is 797. The van der Waals surface area contributed by atoms with Crippen LogP contribution in [0.1, 0.15) is 29.6 Å². The molecular formula is C21H29IN4O2. The zero-order valence-corrected chi connectivity index (χ0v) is 18.9. The van der Waals surface area contributed by atoms with Crippen LogP contribution >= 0.6 is 24.0 Å². The lowest BCUT2D eigenvalue weighted by molar-refractivity contribution is 0.262. The van der Waals surface area contributed by atoms with E-state index in [2.05, 4.69) is 27.3 Å². The van der Waals surface area contributed by atoms with Crippen molar-refractivity contribution in [3.63, 3.8) is 0 Å². The molecule has 3 N–H and O–H groups in total. The van der Waals surface area contributed by atoms with Crippen molar-refractivity contribution in [1.82, 2.24) is 10.2 Å². The second-order valence-corrected chi connectivity index (χ2v) is 6.85. The van der Waals surface area contributed by atoms with Gasteiger partial charge in [0.05, 0.1) is 32.3 Å². The molecule has 0 aromatic heterocycles. The minimum Gasteiger partial charge on any atom is -0.497 e. The van der Waals surface area contributed by atoms with Crippen LogP contribution in [0.25, 0.3) is 0 Å². The molecule has 2 unspecified atom stereocenters. The van der Waals surface area contributed by atoms with Gasteiger partial charge in [0.15, 0.2) is 5.96 Å². The maximum atomic E-state index is 6.20. The van der Waals surface area contributed by atoms with Crippen LogP contribution in [0.15, 0.2) is 53.5 Å². The highest BCUT2D eigenvalue weighted by Crippen LogP contribution is 2.31. The van der Waals surface area contributed by atoms with Gasteiger partial charge < -0.3 is 25.4 Å². The van der Waals surface area contributed by atoms with Gasteiger partial charge in [-0.25, -0.2) is 0 Å². The molecule has 0 saturated heterocycles. The van der Waals surface area contributed by atoms with E-state index in [1.165, 1.54) is 0 Å². The molecule has 0 fully saturated rings. The van der Waals surface area contributed by atoms with Crippen molar-refractivity contribution in [3.05, 3.63) is 59.7 Å². The summed E-state index contributed by atoms with van der Waals surface area (Å²) in [5.41, 5.74) is 8.47. The summed E-state index contributed by atoms with van der Waals surface area (Å²) in [6.45, 7) is 1.23. The average Bonchev–Trinajstić information content (AvgIpc) is 2.68. The molecule has 0 radical (unpaired) electrons. The second kappa shape index (κ2) is 10.5. The third kappa shape index (κ3) is 5.51. The van der Waals surface area contributed by atoms with Crippen molar-refractivity contribution in [1.29, 1.82) is 0 Å². The second-order valence-electron chi connectivity index (χ2n) is 6.85. The minimum atomic E-state index is 0. The smallest absolute Gasteiger partial charge is 0.189 e. The number of methoxy groups -OCH3 is 1. The van der Waals surface area contributed by atoms with E-state index in [0.717, 1.165) is 29.0 Å². The predicted molar refractivity (Wildman–Crippen MR) is 124 cm³/mol. The molecule has 0 bridgehead atoms. The number of nitrogens with one attached hydrogen (secondary N) is 1. The number of aliphatic imine (C=N–C) groups is 1. The number of para-hydroxylation sites is 1. The van der Waals surface area contributed by atoms with Crippen LogP contribution in [0.4, 0.5) is 0 Å².